The Morgan fingerprint density at radius 3 is 3.20 bits per heavy atom. The van der Waals surface area contributed by atoms with Gasteiger partial charge in [0, 0.05) is 18.9 Å². The van der Waals surface area contributed by atoms with Crippen molar-refractivity contribution in [3.8, 4) is 0 Å². The molecular formula is C8H14N2. The van der Waals surface area contributed by atoms with Gasteiger partial charge in [0.2, 0.25) is 0 Å². The lowest BCUT2D eigenvalue weighted by Crippen LogP contribution is -2.34. The fourth-order valence-electron chi connectivity index (χ4n) is 1.14. The Morgan fingerprint density at radius 2 is 2.60 bits per heavy atom. The van der Waals surface area contributed by atoms with E-state index in [2.05, 4.69) is 29.9 Å². The normalized spacial score (nSPS) is 22.9. The highest BCUT2D eigenvalue weighted by molar-refractivity contribution is 4.95. The molecule has 0 spiro atoms. The van der Waals surface area contributed by atoms with Crippen LogP contribution in [0.2, 0.25) is 0 Å². The van der Waals surface area contributed by atoms with Crippen LogP contribution in [0.3, 0.4) is 0 Å². The molecule has 1 N–H and O–H groups in total. The molecule has 0 radical (unpaired) electrons. The van der Waals surface area contributed by atoms with Crippen molar-refractivity contribution in [3.05, 3.63) is 25.1 Å². The van der Waals surface area contributed by atoms with Crippen LogP contribution in [-0.4, -0.2) is 17.6 Å². The molecule has 0 amide bonds. The van der Waals surface area contributed by atoms with Crippen LogP contribution in [0.15, 0.2) is 25.1 Å². The quantitative estimate of drug-likeness (QED) is 0.591. The van der Waals surface area contributed by atoms with Crippen LogP contribution in [0, 0.1) is 0 Å². The number of rotatable bonds is 3. The smallest absolute Gasteiger partial charge is 0.0981 e. The topological polar surface area (TPSA) is 15.3 Å². The van der Waals surface area contributed by atoms with Gasteiger partial charge in [0.15, 0.2) is 0 Å². The second-order valence-electron chi connectivity index (χ2n) is 2.39. The summed E-state index contributed by atoms with van der Waals surface area (Å²) in [5.41, 5.74) is 0. The first kappa shape index (κ1) is 7.19. The third-order valence-electron chi connectivity index (χ3n) is 1.68. The average molecular weight is 138 g/mol. The lowest BCUT2D eigenvalue weighted by atomic mass is 10.3. The molecule has 0 saturated carbocycles. The van der Waals surface area contributed by atoms with Crippen LogP contribution in [-0.2, 0) is 0 Å². The summed E-state index contributed by atoms with van der Waals surface area (Å²) in [6.07, 6.45) is 7.58. The summed E-state index contributed by atoms with van der Waals surface area (Å²) < 4.78 is 0. The van der Waals surface area contributed by atoms with Crippen molar-refractivity contribution in [1.29, 1.82) is 0 Å². The highest BCUT2D eigenvalue weighted by atomic mass is 15.3. The Hall–Kier alpha value is -0.920. The fraction of sp³-hybridized carbons (Fsp3) is 0.500. The van der Waals surface area contributed by atoms with E-state index in [1.807, 2.05) is 12.3 Å². The van der Waals surface area contributed by atoms with E-state index in [1.54, 1.807) is 0 Å². The lowest BCUT2D eigenvalue weighted by Gasteiger charge is -2.22. The minimum Gasteiger partial charge on any atom is -0.370 e. The average Bonchev–Trinajstić information content (AvgIpc) is 2.36. The molecule has 1 heterocycles. The summed E-state index contributed by atoms with van der Waals surface area (Å²) in [6, 6.07) is 0. The number of nitrogens with one attached hydrogen (secondary N) is 1. The molecule has 1 rings (SSSR count). The van der Waals surface area contributed by atoms with E-state index >= 15 is 0 Å². The molecule has 1 unspecified atom stereocenters. The molecule has 0 aromatic carbocycles. The van der Waals surface area contributed by atoms with Crippen molar-refractivity contribution in [2.45, 2.75) is 19.5 Å². The second kappa shape index (κ2) is 3.30. The van der Waals surface area contributed by atoms with Crippen LogP contribution in [0.5, 0.6) is 0 Å². The van der Waals surface area contributed by atoms with Crippen molar-refractivity contribution >= 4 is 0 Å². The van der Waals surface area contributed by atoms with E-state index in [9.17, 15) is 0 Å². The summed E-state index contributed by atoms with van der Waals surface area (Å²) in [7, 11) is 0. The van der Waals surface area contributed by atoms with Crippen molar-refractivity contribution in [3.63, 3.8) is 0 Å². The van der Waals surface area contributed by atoms with Gasteiger partial charge in [-0.05, 0) is 6.42 Å². The van der Waals surface area contributed by atoms with Crippen molar-refractivity contribution in [2.24, 2.45) is 0 Å². The molecule has 1 aliphatic rings. The highest BCUT2D eigenvalue weighted by Gasteiger charge is 2.13. The van der Waals surface area contributed by atoms with Crippen LogP contribution < -0.4 is 5.32 Å². The first-order valence-electron chi connectivity index (χ1n) is 3.68. The van der Waals surface area contributed by atoms with E-state index < -0.39 is 0 Å². The third kappa shape index (κ3) is 1.32. The maximum absolute atomic E-state index is 3.69. The van der Waals surface area contributed by atoms with Gasteiger partial charge in [-0.25, -0.2) is 0 Å². The SMILES string of the molecule is C=CCN1C=CNC1CC. The van der Waals surface area contributed by atoms with Gasteiger partial charge in [0.25, 0.3) is 0 Å². The van der Waals surface area contributed by atoms with E-state index in [0.717, 1.165) is 13.0 Å². The van der Waals surface area contributed by atoms with E-state index in [-0.39, 0.29) is 0 Å². The minimum atomic E-state index is 0.484. The van der Waals surface area contributed by atoms with Gasteiger partial charge in [-0.3, -0.25) is 0 Å². The molecule has 2 nitrogen and oxygen atoms in total. The Morgan fingerprint density at radius 1 is 1.80 bits per heavy atom. The second-order valence-corrected chi connectivity index (χ2v) is 2.39. The van der Waals surface area contributed by atoms with Gasteiger partial charge >= 0.3 is 0 Å². The first-order chi connectivity index (χ1) is 4.88. The standard InChI is InChI=1S/C8H14N2/c1-3-6-10-7-5-9-8(10)4-2/h3,5,7-9H,1,4,6H2,2H3. The van der Waals surface area contributed by atoms with Crippen molar-refractivity contribution < 1.29 is 0 Å². The van der Waals surface area contributed by atoms with Gasteiger partial charge in [0.05, 0.1) is 6.17 Å². The summed E-state index contributed by atoms with van der Waals surface area (Å²) in [5.74, 6) is 0. The predicted octanol–water partition coefficient (Wildman–Crippen LogP) is 1.28. The molecule has 0 aromatic heterocycles. The maximum atomic E-state index is 3.69. The Labute approximate surface area is 62.2 Å². The molecule has 1 aliphatic heterocycles. The molecule has 0 aromatic rings. The summed E-state index contributed by atoms with van der Waals surface area (Å²) in [4.78, 5) is 2.23. The molecule has 1 atom stereocenters. The zero-order valence-electron chi connectivity index (χ0n) is 6.38. The van der Waals surface area contributed by atoms with E-state index in [4.69, 9.17) is 0 Å². The predicted molar refractivity (Wildman–Crippen MR) is 43.3 cm³/mol. The number of hydrogen-bond donors (Lipinski definition) is 1. The lowest BCUT2D eigenvalue weighted by molar-refractivity contribution is 0.296. The molecule has 0 saturated heterocycles. The van der Waals surface area contributed by atoms with Gasteiger partial charge in [-0.15, -0.1) is 6.58 Å². The van der Waals surface area contributed by atoms with Crippen LogP contribution in [0.1, 0.15) is 13.3 Å². The van der Waals surface area contributed by atoms with Crippen molar-refractivity contribution in [1.82, 2.24) is 10.2 Å². The van der Waals surface area contributed by atoms with Crippen molar-refractivity contribution in [2.75, 3.05) is 6.54 Å². The molecule has 2 heteroatoms. The largest absolute Gasteiger partial charge is 0.370 e. The Bertz CT molecular complexity index is 140. The van der Waals surface area contributed by atoms with Crippen LogP contribution in [0.25, 0.3) is 0 Å². The number of nitrogens with zero attached hydrogens (tertiary/aromatic N) is 1. The van der Waals surface area contributed by atoms with E-state index in [1.165, 1.54) is 0 Å². The number of hydrogen-bond acceptors (Lipinski definition) is 2. The molecular weight excluding hydrogens is 124 g/mol. The van der Waals surface area contributed by atoms with E-state index in [0.29, 0.717) is 6.17 Å². The monoisotopic (exact) mass is 138 g/mol. The van der Waals surface area contributed by atoms with Gasteiger partial charge in [-0.1, -0.05) is 13.0 Å². The Balaban J connectivity index is 2.40. The third-order valence-corrected chi connectivity index (χ3v) is 1.68. The summed E-state index contributed by atoms with van der Waals surface area (Å²) in [5, 5.41) is 3.24. The first-order valence-corrected chi connectivity index (χ1v) is 3.68. The molecule has 56 valence electrons. The minimum absolute atomic E-state index is 0.484. The zero-order valence-corrected chi connectivity index (χ0v) is 6.38. The molecule has 0 aliphatic carbocycles. The van der Waals surface area contributed by atoms with Crippen LogP contribution >= 0.6 is 0 Å². The van der Waals surface area contributed by atoms with Gasteiger partial charge in [-0.2, -0.15) is 0 Å². The molecule has 0 fully saturated rings. The zero-order chi connectivity index (χ0) is 7.40. The molecule has 10 heavy (non-hydrogen) atoms. The fourth-order valence-corrected chi connectivity index (χ4v) is 1.14. The summed E-state index contributed by atoms with van der Waals surface area (Å²) >= 11 is 0. The van der Waals surface area contributed by atoms with Gasteiger partial charge < -0.3 is 10.2 Å². The van der Waals surface area contributed by atoms with Crippen LogP contribution in [0.4, 0.5) is 0 Å². The Kier molecular flexibility index (Phi) is 2.37. The van der Waals surface area contributed by atoms with Gasteiger partial charge in [0.1, 0.15) is 0 Å². The maximum Gasteiger partial charge on any atom is 0.0981 e. The summed E-state index contributed by atoms with van der Waals surface area (Å²) in [6.45, 7) is 6.79. The highest BCUT2D eigenvalue weighted by Crippen LogP contribution is 2.06. The molecule has 0 bridgehead atoms.